The number of hydrogen-bond acceptors (Lipinski definition) is 4. The molecule has 0 radical (unpaired) electrons. The quantitative estimate of drug-likeness (QED) is 0.668. The van der Waals surface area contributed by atoms with Gasteiger partial charge in [0.05, 0.1) is 0 Å². The summed E-state index contributed by atoms with van der Waals surface area (Å²) in [5, 5.41) is 16.1. The van der Waals surface area contributed by atoms with E-state index in [9.17, 15) is 14.7 Å². The highest BCUT2D eigenvalue weighted by Gasteiger charge is 2.67. The minimum atomic E-state index is -0.638. The second kappa shape index (κ2) is 6.61. The van der Waals surface area contributed by atoms with Crippen molar-refractivity contribution in [3.05, 3.63) is 72.3 Å². The smallest absolute Gasteiger partial charge is 0.247 e. The Hall–Kier alpha value is -3.28. The monoisotopic (exact) mass is 417 g/mol. The van der Waals surface area contributed by atoms with E-state index < -0.39 is 17.5 Å². The molecule has 3 heterocycles. The summed E-state index contributed by atoms with van der Waals surface area (Å²) in [6, 6.07) is 13.7. The van der Waals surface area contributed by atoms with Crippen LogP contribution in [0.5, 0.6) is 5.75 Å². The van der Waals surface area contributed by atoms with Gasteiger partial charge in [0, 0.05) is 17.5 Å². The molecule has 31 heavy (non-hydrogen) atoms. The zero-order valence-corrected chi connectivity index (χ0v) is 17.8. The third kappa shape index (κ3) is 2.63. The Morgan fingerprint density at radius 3 is 2.58 bits per heavy atom. The second-order valence-electron chi connectivity index (χ2n) is 9.39. The number of rotatable bonds is 4. The molecule has 0 aromatic heterocycles. The number of anilines is 1. The van der Waals surface area contributed by atoms with Gasteiger partial charge >= 0.3 is 0 Å². The zero-order chi connectivity index (χ0) is 22.0. The Bertz CT molecular complexity index is 1080. The number of phenolic OH excluding ortho intramolecular Hbond substituents is 1. The van der Waals surface area contributed by atoms with Crippen molar-refractivity contribution in [1.82, 2.24) is 10.2 Å². The number of piperazine rings is 1. The van der Waals surface area contributed by atoms with Gasteiger partial charge in [-0.15, -0.1) is 6.58 Å². The molecule has 0 aliphatic carbocycles. The number of benzene rings is 2. The van der Waals surface area contributed by atoms with Gasteiger partial charge in [-0.25, -0.2) is 0 Å². The molecule has 6 nitrogen and oxygen atoms in total. The Morgan fingerprint density at radius 1 is 1.16 bits per heavy atom. The van der Waals surface area contributed by atoms with Crippen LogP contribution >= 0.6 is 0 Å². The molecular formula is C25H27N3O3. The van der Waals surface area contributed by atoms with Crippen LogP contribution in [0.15, 0.2) is 61.2 Å². The normalized spacial score (nSPS) is 29.0. The number of allylic oxidation sites excluding steroid dienone is 1. The van der Waals surface area contributed by atoms with E-state index in [1.807, 2.05) is 24.3 Å². The average molecular weight is 418 g/mol. The lowest BCUT2D eigenvalue weighted by atomic mass is 9.60. The van der Waals surface area contributed by atoms with E-state index in [2.05, 4.69) is 37.1 Å². The molecule has 0 unspecified atom stereocenters. The minimum absolute atomic E-state index is 0.0790. The molecule has 6 heteroatoms. The number of carbonyl (C=O) groups excluding carboxylic acids is 2. The highest BCUT2D eigenvalue weighted by atomic mass is 16.3. The maximum atomic E-state index is 13.7. The summed E-state index contributed by atoms with van der Waals surface area (Å²) in [4.78, 5) is 28.6. The van der Waals surface area contributed by atoms with Crippen molar-refractivity contribution in [2.75, 3.05) is 5.32 Å². The van der Waals surface area contributed by atoms with E-state index in [4.69, 9.17) is 0 Å². The number of hydrogen-bond donors (Lipinski definition) is 3. The van der Waals surface area contributed by atoms with Gasteiger partial charge in [-0.05, 0) is 41.2 Å². The van der Waals surface area contributed by atoms with Crippen molar-refractivity contribution in [3.63, 3.8) is 0 Å². The number of nitrogens with zero attached hydrogens (tertiary/aromatic N) is 1. The lowest BCUT2D eigenvalue weighted by Gasteiger charge is -2.44. The molecule has 0 bridgehead atoms. The summed E-state index contributed by atoms with van der Waals surface area (Å²) >= 11 is 0. The van der Waals surface area contributed by atoms with Gasteiger partial charge in [0.1, 0.15) is 24.0 Å². The van der Waals surface area contributed by atoms with Gasteiger partial charge in [0.15, 0.2) is 0 Å². The van der Waals surface area contributed by atoms with Crippen LogP contribution in [-0.4, -0.2) is 40.1 Å². The molecule has 3 aliphatic heterocycles. The summed E-state index contributed by atoms with van der Waals surface area (Å²) in [7, 11) is 0. The van der Waals surface area contributed by atoms with Gasteiger partial charge in [0.2, 0.25) is 11.8 Å². The molecule has 2 aromatic carbocycles. The lowest BCUT2D eigenvalue weighted by Crippen LogP contribution is -2.64. The van der Waals surface area contributed by atoms with Crippen LogP contribution in [0.4, 0.5) is 5.69 Å². The zero-order valence-electron chi connectivity index (χ0n) is 17.8. The minimum Gasteiger partial charge on any atom is -0.508 e. The van der Waals surface area contributed by atoms with Crippen LogP contribution in [0.25, 0.3) is 0 Å². The molecule has 5 rings (SSSR count). The fourth-order valence-electron chi connectivity index (χ4n) is 5.69. The first kappa shape index (κ1) is 19.7. The molecule has 2 fully saturated rings. The summed E-state index contributed by atoms with van der Waals surface area (Å²) < 4.78 is 0. The number of fused-ring (bicyclic) bond motifs is 5. The Balaban J connectivity index is 1.55. The first-order chi connectivity index (χ1) is 14.8. The lowest BCUT2D eigenvalue weighted by molar-refractivity contribution is -0.148. The topological polar surface area (TPSA) is 81.7 Å². The number of carbonyl (C=O) groups is 2. The van der Waals surface area contributed by atoms with Gasteiger partial charge in [-0.1, -0.05) is 50.3 Å². The second-order valence-corrected chi connectivity index (χ2v) is 9.39. The van der Waals surface area contributed by atoms with E-state index >= 15 is 0 Å². The largest absolute Gasteiger partial charge is 0.508 e. The molecule has 4 atom stereocenters. The predicted molar refractivity (Wildman–Crippen MR) is 119 cm³/mol. The number of nitrogens with one attached hydrogen (secondary N) is 2. The van der Waals surface area contributed by atoms with Crippen LogP contribution in [0.2, 0.25) is 0 Å². The SMILES string of the molecule is C=CC(C)(C)[C@@]12C[C@H]3C(=O)N[C@@H](Cc4ccc(O)cc4)C(=O)N3[C@@H]1Nc1ccccc12. The number of para-hydroxylation sites is 1. The molecule has 3 aliphatic rings. The summed E-state index contributed by atoms with van der Waals surface area (Å²) in [6.45, 7) is 8.35. The molecule has 2 aromatic rings. The summed E-state index contributed by atoms with van der Waals surface area (Å²) in [5.41, 5.74) is 2.23. The highest BCUT2D eigenvalue weighted by molar-refractivity contribution is 5.99. The summed E-state index contributed by atoms with van der Waals surface area (Å²) in [6.07, 6.45) is 2.55. The van der Waals surface area contributed by atoms with Crippen molar-refractivity contribution in [3.8, 4) is 5.75 Å². The maximum Gasteiger partial charge on any atom is 0.247 e. The Labute approximate surface area is 182 Å². The number of amides is 2. The van der Waals surface area contributed by atoms with Crippen LogP contribution in [-0.2, 0) is 21.4 Å². The van der Waals surface area contributed by atoms with Gasteiger partial charge in [-0.2, -0.15) is 0 Å². The van der Waals surface area contributed by atoms with Crippen LogP contribution in [0, 0.1) is 5.41 Å². The van der Waals surface area contributed by atoms with Gasteiger partial charge < -0.3 is 20.6 Å². The van der Waals surface area contributed by atoms with Crippen LogP contribution in [0.1, 0.15) is 31.4 Å². The average Bonchev–Trinajstić information content (AvgIpc) is 3.27. The van der Waals surface area contributed by atoms with Crippen molar-refractivity contribution in [2.24, 2.45) is 5.41 Å². The molecule has 2 saturated heterocycles. The standard InChI is InChI=1S/C25H27N3O3/c1-4-24(2,3)25-14-20-21(30)26-19(13-15-9-11-16(29)12-10-15)22(31)28(20)23(25)27-18-8-6-5-7-17(18)25/h4-12,19-20,23,27,29H,1,13-14H2,2-3H3,(H,26,30)/t19-,20-,23-,25+/m0/s1. The predicted octanol–water partition coefficient (Wildman–Crippen LogP) is 2.94. The first-order valence-corrected chi connectivity index (χ1v) is 10.7. The maximum absolute atomic E-state index is 13.7. The van der Waals surface area contributed by atoms with E-state index in [1.165, 1.54) is 0 Å². The molecule has 0 spiro atoms. The molecule has 160 valence electrons. The van der Waals surface area contributed by atoms with Crippen LogP contribution in [0.3, 0.4) is 0 Å². The van der Waals surface area contributed by atoms with Crippen LogP contribution < -0.4 is 10.6 Å². The first-order valence-electron chi connectivity index (χ1n) is 10.7. The Morgan fingerprint density at radius 2 is 1.87 bits per heavy atom. The Kier molecular flexibility index (Phi) is 4.19. The van der Waals surface area contributed by atoms with E-state index in [0.717, 1.165) is 16.8 Å². The van der Waals surface area contributed by atoms with Crippen molar-refractivity contribution in [2.45, 2.75) is 50.4 Å². The molecular weight excluding hydrogens is 390 g/mol. The molecule has 2 amide bonds. The van der Waals surface area contributed by atoms with E-state index in [1.54, 1.807) is 29.2 Å². The number of aromatic hydroxyl groups is 1. The van der Waals surface area contributed by atoms with E-state index in [-0.39, 0.29) is 29.1 Å². The third-order valence-electron chi connectivity index (χ3n) is 7.50. The fraction of sp³-hybridized carbons (Fsp3) is 0.360. The van der Waals surface area contributed by atoms with E-state index in [0.29, 0.717) is 12.8 Å². The molecule has 0 saturated carbocycles. The number of phenols is 1. The van der Waals surface area contributed by atoms with Crippen molar-refractivity contribution in [1.29, 1.82) is 0 Å². The third-order valence-corrected chi connectivity index (χ3v) is 7.50. The van der Waals surface area contributed by atoms with Gasteiger partial charge in [0.25, 0.3) is 0 Å². The fourth-order valence-corrected chi connectivity index (χ4v) is 5.69. The van der Waals surface area contributed by atoms with Gasteiger partial charge in [-0.3, -0.25) is 9.59 Å². The highest BCUT2D eigenvalue weighted by Crippen LogP contribution is 2.60. The van der Waals surface area contributed by atoms with Crippen molar-refractivity contribution >= 4 is 17.5 Å². The van der Waals surface area contributed by atoms with Crippen molar-refractivity contribution < 1.29 is 14.7 Å². The molecule has 3 N–H and O–H groups in total. The summed E-state index contributed by atoms with van der Waals surface area (Å²) in [5.74, 6) is -0.0206.